The summed E-state index contributed by atoms with van der Waals surface area (Å²) >= 11 is 6.18. The smallest absolute Gasteiger partial charge is 0.251 e. The molecule has 0 atom stereocenters. The van der Waals surface area contributed by atoms with Gasteiger partial charge < -0.3 is 14.8 Å². The third-order valence-electron chi connectivity index (χ3n) is 3.03. The largest absolute Gasteiger partial charge is 0.493 e. The maximum Gasteiger partial charge on any atom is 0.251 e. The predicted octanol–water partition coefficient (Wildman–Crippen LogP) is 3.29. The van der Waals surface area contributed by atoms with Gasteiger partial charge in [0.2, 0.25) is 0 Å². The minimum atomic E-state index is -0.151. The van der Waals surface area contributed by atoms with Gasteiger partial charge in [-0.05, 0) is 23.8 Å². The highest BCUT2D eigenvalue weighted by atomic mass is 35.5. The summed E-state index contributed by atoms with van der Waals surface area (Å²) < 4.78 is 10.4. The summed E-state index contributed by atoms with van der Waals surface area (Å²) in [5, 5.41) is 3.34. The molecule has 0 bridgehead atoms. The maximum atomic E-state index is 12.0. The fraction of sp³-hybridized carbons (Fsp3) is 0.188. The first-order valence-electron chi connectivity index (χ1n) is 6.39. The highest BCUT2D eigenvalue weighted by Gasteiger charge is 2.11. The molecule has 0 saturated heterocycles. The number of rotatable bonds is 5. The molecule has 0 aliphatic carbocycles. The van der Waals surface area contributed by atoms with Crippen LogP contribution >= 0.6 is 11.6 Å². The lowest BCUT2D eigenvalue weighted by molar-refractivity contribution is 0.0951. The van der Waals surface area contributed by atoms with Gasteiger partial charge >= 0.3 is 0 Å². The summed E-state index contributed by atoms with van der Waals surface area (Å²) in [5.41, 5.74) is 1.37. The number of methoxy groups -OCH3 is 2. The third-order valence-corrected chi connectivity index (χ3v) is 3.38. The Hall–Kier alpha value is -2.20. The Kier molecular flexibility index (Phi) is 5.06. The van der Waals surface area contributed by atoms with Crippen LogP contribution in [-0.2, 0) is 6.54 Å². The maximum absolute atomic E-state index is 12.0. The van der Waals surface area contributed by atoms with Crippen molar-refractivity contribution in [3.05, 3.63) is 58.6 Å². The first-order chi connectivity index (χ1) is 10.2. The molecule has 2 rings (SSSR count). The van der Waals surface area contributed by atoms with Crippen LogP contribution in [0.3, 0.4) is 0 Å². The van der Waals surface area contributed by atoms with E-state index >= 15 is 0 Å². The van der Waals surface area contributed by atoms with Gasteiger partial charge in [-0.2, -0.15) is 0 Å². The molecule has 0 heterocycles. The van der Waals surface area contributed by atoms with Crippen molar-refractivity contribution in [1.82, 2.24) is 5.32 Å². The highest BCUT2D eigenvalue weighted by Crippen LogP contribution is 2.32. The van der Waals surface area contributed by atoms with Gasteiger partial charge in [0.1, 0.15) is 0 Å². The van der Waals surface area contributed by atoms with E-state index in [-0.39, 0.29) is 5.91 Å². The van der Waals surface area contributed by atoms with Crippen LogP contribution < -0.4 is 14.8 Å². The summed E-state index contributed by atoms with van der Waals surface area (Å²) in [5.74, 6) is 0.980. The van der Waals surface area contributed by atoms with Crippen molar-refractivity contribution in [3.8, 4) is 11.5 Å². The molecule has 5 heteroatoms. The molecule has 0 spiro atoms. The van der Waals surface area contributed by atoms with E-state index in [4.69, 9.17) is 21.1 Å². The second kappa shape index (κ2) is 6.99. The number of halogens is 1. The molecular weight excluding hydrogens is 290 g/mol. The van der Waals surface area contributed by atoms with E-state index in [1.54, 1.807) is 38.5 Å². The molecule has 0 aliphatic rings. The molecule has 21 heavy (non-hydrogen) atoms. The summed E-state index contributed by atoms with van der Waals surface area (Å²) in [6.45, 7) is 0.312. The van der Waals surface area contributed by atoms with Crippen LogP contribution in [0.4, 0.5) is 0 Å². The molecule has 2 aromatic rings. The Morgan fingerprint density at radius 2 is 1.71 bits per heavy atom. The second-order valence-corrected chi connectivity index (χ2v) is 4.75. The van der Waals surface area contributed by atoms with Crippen molar-refractivity contribution in [3.63, 3.8) is 0 Å². The van der Waals surface area contributed by atoms with Crippen molar-refractivity contribution in [1.29, 1.82) is 0 Å². The van der Waals surface area contributed by atoms with Crippen molar-refractivity contribution >= 4 is 17.5 Å². The lowest BCUT2D eigenvalue weighted by Gasteiger charge is -2.12. The van der Waals surface area contributed by atoms with Crippen LogP contribution in [0.2, 0.25) is 5.02 Å². The molecule has 110 valence electrons. The number of hydrogen-bond acceptors (Lipinski definition) is 3. The van der Waals surface area contributed by atoms with E-state index < -0.39 is 0 Å². The number of carbonyl (C=O) groups excluding carboxylic acids is 1. The number of carbonyl (C=O) groups is 1. The summed E-state index contributed by atoms with van der Waals surface area (Å²) in [6.07, 6.45) is 0. The highest BCUT2D eigenvalue weighted by molar-refractivity contribution is 6.31. The normalized spacial score (nSPS) is 10.0. The van der Waals surface area contributed by atoms with Crippen LogP contribution in [0.15, 0.2) is 42.5 Å². The third kappa shape index (κ3) is 3.67. The van der Waals surface area contributed by atoms with Crippen LogP contribution in [-0.4, -0.2) is 20.1 Å². The van der Waals surface area contributed by atoms with Crippen LogP contribution in [0.1, 0.15) is 15.9 Å². The fourth-order valence-corrected chi connectivity index (χ4v) is 2.12. The van der Waals surface area contributed by atoms with Gasteiger partial charge in [0, 0.05) is 23.2 Å². The molecule has 0 aliphatic heterocycles. The molecule has 4 nitrogen and oxygen atoms in total. The van der Waals surface area contributed by atoms with E-state index in [9.17, 15) is 4.79 Å². The molecule has 2 aromatic carbocycles. The number of benzene rings is 2. The topological polar surface area (TPSA) is 47.6 Å². The average molecular weight is 306 g/mol. The van der Waals surface area contributed by atoms with Gasteiger partial charge in [-0.1, -0.05) is 29.8 Å². The molecular formula is C16H16ClNO3. The number of hydrogen-bond donors (Lipinski definition) is 1. The van der Waals surface area contributed by atoms with E-state index in [0.717, 1.165) is 5.56 Å². The Bertz CT molecular complexity index is 629. The monoisotopic (exact) mass is 305 g/mol. The van der Waals surface area contributed by atoms with Crippen molar-refractivity contribution < 1.29 is 14.3 Å². The van der Waals surface area contributed by atoms with E-state index in [1.807, 2.05) is 18.2 Å². The van der Waals surface area contributed by atoms with E-state index in [0.29, 0.717) is 28.6 Å². The number of ether oxygens (including phenoxy) is 2. The summed E-state index contributed by atoms with van der Waals surface area (Å²) in [6, 6.07) is 12.4. The molecule has 1 amide bonds. The molecule has 0 aromatic heterocycles. The van der Waals surface area contributed by atoms with Gasteiger partial charge in [0.25, 0.3) is 5.91 Å². The Balaban J connectivity index is 2.11. The van der Waals surface area contributed by atoms with Crippen molar-refractivity contribution in [2.45, 2.75) is 6.54 Å². The van der Waals surface area contributed by atoms with Gasteiger partial charge in [-0.25, -0.2) is 0 Å². The SMILES string of the molecule is COc1cc(Cl)c(CNC(=O)c2ccccc2)cc1OC. The molecule has 0 fully saturated rings. The van der Waals surface area contributed by atoms with Gasteiger partial charge in [-0.15, -0.1) is 0 Å². The van der Waals surface area contributed by atoms with Crippen LogP contribution in [0, 0.1) is 0 Å². The van der Waals surface area contributed by atoms with Gasteiger partial charge in [0.15, 0.2) is 11.5 Å². The number of nitrogens with one attached hydrogen (secondary N) is 1. The lowest BCUT2D eigenvalue weighted by Crippen LogP contribution is -2.22. The predicted molar refractivity (Wildman–Crippen MR) is 82.2 cm³/mol. The second-order valence-electron chi connectivity index (χ2n) is 4.35. The summed E-state index contributed by atoms with van der Waals surface area (Å²) in [7, 11) is 3.10. The van der Waals surface area contributed by atoms with Crippen LogP contribution in [0.25, 0.3) is 0 Å². The van der Waals surface area contributed by atoms with Gasteiger partial charge in [-0.3, -0.25) is 4.79 Å². The van der Waals surface area contributed by atoms with Crippen LogP contribution in [0.5, 0.6) is 11.5 Å². The zero-order chi connectivity index (χ0) is 15.2. The van der Waals surface area contributed by atoms with Crippen molar-refractivity contribution in [2.24, 2.45) is 0 Å². The van der Waals surface area contributed by atoms with E-state index in [2.05, 4.69) is 5.32 Å². The minimum Gasteiger partial charge on any atom is -0.493 e. The average Bonchev–Trinajstić information content (AvgIpc) is 2.53. The lowest BCUT2D eigenvalue weighted by atomic mass is 10.1. The molecule has 0 radical (unpaired) electrons. The molecule has 0 unspecified atom stereocenters. The fourth-order valence-electron chi connectivity index (χ4n) is 1.90. The first-order valence-corrected chi connectivity index (χ1v) is 6.77. The molecule has 0 saturated carbocycles. The Labute approximate surface area is 128 Å². The van der Waals surface area contributed by atoms with Gasteiger partial charge in [0.05, 0.1) is 14.2 Å². The minimum absolute atomic E-state index is 0.151. The van der Waals surface area contributed by atoms with E-state index in [1.165, 1.54) is 0 Å². The first kappa shape index (κ1) is 15.2. The summed E-state index contributed by atoms with van der Waals surface area (Å²) in [4.78, 5) is 12.0. The Morgan fingerprint density at radius 3 is 2.33 bits per heavy atom. The zero-order valence-electron chi connectivity index (χ0n) is 11.9. The Morgan fingerprint density at radius 1 is 1.10 bits per heavy atom. The quantitative estimate of drug-likeness (QED) is 0.922. The number of amides is 1. The van der Waals surface area contributed by atoms with Crippen molar-refractivity contribution in [2.75, 3.05) is 14.2 Å². The zero-order valence-corrected chi connectivity index (χ0v) is 12.6. The molecule has 1 N–H and O–H groups in total. The standard InChI is InChI=1S/C16H16ClNO3/c1-20-14-8-12(13(17)9-15(14)21-2)10-18-16(19)11-6-4-3-5-7-11/h3-9H,10H2,1-2H3,(H,18,19).